The average Bonchev–Trinajstić information content (AvgIpc) is 2.75. The molecule has 0 radical (unpaired) electrons. The van der Waals surface area contributed by atoms with E-state index in [0.29, 0.717) is 0 Å². The van der Waals surface area contributed by atoms with Crippen LogP contribution in [0.15, 0.2) is 66.9 Å². The lowest BCUT2D eigenvalue weighted by Crippen LogP contribution is -2.36. The zero-order chi connectivity index (χ0) is 19.3. The first kappa shape index (κ1) is 18.2. The van der Waals surface area contributed by atoms with Gasteiger partial charge in [0.1, 0.15) is 5.82 Å². The van der Waals surface area contributed by atoms with Crippen molar-refractivity contribution < 1.29 is 9.53 Å². The second kappa shape index (κ2) is 8.23. The molecule has 2 aromatic carbocycles. The summed E-state index contributed by atoms with van der Waals surface area (Å²) in [6, 6.07) is 20.0. The summed E-state index contributed by atoms with van der Waals surface area (Å²) >= 11 is 0. The number of carbonyl (C=O) groups is 1. The Morgan fingerprint density at radius 2 is 1.61 bits per heavy atom. The van der Waals surface area contributed by atoms with Crippen LogP contribution in [0.2, 0.25) is 0 Å². The van der Waals surface area contributed by atoms with Crippen LogP contribution >= 0.6 is 0 Å². The highest BCUT2D eigenvalue weighted by molar-refractivity contribution is 5.94. The lowest BCUT2D eigenvalue weighted by atomic mass is 10.0. The van der Waals surface area contributed by atoms with Crippen LogP contribution in [-0.4, -0.2) is 37.1 Å². The Morgan fingerprint density at radius 3 is 2.21 bits per heavy atom. The van der Waals surface area contributed by atoms with E-state index < -0.39 is 0 Å². The SMILES string of the molecule is CC(=O)c1ccc(-c2ccc(Nc3ccc(N4CCOCC4)cc3)nc2)cc1. The van der Waals surface area contributed by atoms with Crippen LogP contribution in [0.4, 0.5) is 17.2 Å². The monoisotopic (exact) mass is 373 g/mol. The van der Waals surface area contributed by atoms with Gasteiger partial charge >= 0.3 is 0 Å². The van der Waals surface area contributed by atoms with Gasteiger partial charge in [0.2, 0.25) is 0 Å². The summed E-state index contributed by atoms with van der Waals surface area (Å²) in [6.07, 6.45) is 1.84. The molecular weight excluding hydrogens is 350 g/mol. The Labute approximate surface area is 165 Å². The number of benzene rings is 2. The Morgan fingerprint density at radius 1 is 0.929 bits per heavy atom. The number of ketones is 1. The molecule has 1 N–H and O–H groups in total. The fraction of sp³-hybridized carbons (Fsp3) is 0.217. The van der Waals surface area contributed by atoms with E-state index in [1.165, 1.54) is 5.69 Å². The number of Topliss-reactive ketones (excluding diaryl/α,β-unsaturated/α-hetero) is 1. The van der Waals surface area contributed by atoms with Gasteiger partial charge in [0.05, 0.1) is 13.2 Å². The number of morpholine rings is 1. The van der Waals surface area contributed by atoms with E-state index in [4.69, 9.17) is 4.74 Å². The second-order valence-corrected chi connectivity index (χ2v) is 6.84. The van der Waals surface area contributed by atoms with Crippen molar-refractivity contribution in [1.82, 2.24) is 4.98 Å². The van der Waals surface area contributed by atoms with Crippen LogP contribution in [0.5, 0.6) is 0 Å². The predicted molar refractivity (Wildman–Crippen MR) is 112 cm³/mol. The van der Waals surface area contributed by atoms with Gasteiger partial charge in [-0.05, 0) is 48.9 Å². The van der Waals surface area contributed by atoms with Crippen molar-refractivity contribution in [3.8, 4) is 11.1 Å². The minimum absolute atomic E-state index is 0.0730. The molecule has 4 rings (SSSR count). The predicted octanol–water partition coefficient (Wildman–Crippen LogP) is 4.53. The maximum absolute atomic E-state index is 11.4. The zero-order valence-electron chi connectivity index (χ0n) is 15.9. The van der Waals surface area contributed by atoms with Crippen LogP contribution in [0.1, 0.15) is 17.3 Å². The van der Waals surface area contributed by atoms with Gasteiger partial charge in [0, 0.05) is 41.8 Å². The Kier molecular flexibility index (Phi) is 5.35. The van der Waals surface area contributed by atoms with Crippen LogP contribution in [0.25, 0.3) is 11.1 Å². The lowest BCUT2D eigenvalue weighted by molar-refractivity contribution is 0.101. The molecule has 0 aliphatic carbocycles. The molecule has 1 saturated heterocycles. The van der Waals surface area contributed by atoms with E-state index in [2.05, 4.69) is 39.5 Å². The number of hydrogen-bond donors (Lipinski definition) is 1. The van der Waals surface area contributed by atoms with Crippen LogP contribution in [0, 0.1) is 0 Å². The summed E-state index contributed by atoms with van der Waals surface area (Å²) in [5.41, 5.74) is 4.99. The van der Waals surface area contributed by atoms with Crippen molar-refractivity contribution in [2.24, 2.45) is 0 Å². The van der Waals surface area contributed by atoms with Crippen LogP contribution in [0.3, 0.4) is 0 Å². The summed E-state index contributed by atoms with van der Waals surface area (Å²) in [4.78, 5) is 18.2. The van der Waals surface area contributed by atoms with Gasteiger partial charge < -0.3 is 15.0 Å². The summed E-state index contributed by atoms with van der Waals surface area (Å²) in [6.45, 7) is 5.01. The number of carbonyl (C=O) groups excluding carboxylic acids is 1. The average molecular weight is 373 g/mol. The maximum Gasteiger partial charge on any atom is 0.159 e. The molecule has 142 valence electrons. The first-order valence-electron chi connectivity index (χ1n) is 9.46. The normalized spacial score (nSPS) is 14.0. The molecule has 0 bridgehead atoms. The molecular formula is C23H23N3O2. The zero-order valence-corrected chi connectivity index (χ0v) is 15.9. The molecule has 0 spiro atoms. The third-order valence-corrected chi connectivity index (χ3v) is 4.90. The van der Waals surface area contributed by atoms with E-state index in [1.807, 2.05) is 42.6 Å². The maximum atomic E-state index is 11.4. The van der Waals surface area contributed by atoms with Gasteiger partial charge in [0.15, 0.2) is 5.78 Å². The van der Waals surface area contributed by atoms with E-state index >= 15 is 0 Å². The van der Waals surface area contributed by atoms with Gasteiger partial charge in [-0.2, -0.15) is 0 Å². The highest BCUT2D eigenvalue weighted by atomic mass is 16.5. The molecule has 0 amide bonds. The highest BCUT2D eigenvalue weighted by Crippen LogP contribution is 2.24. The quantitative estimate of drug-likeness (QED) is 0.666. The number of hydrogen-bond acceptors (Lipinski definition) is 5. The standard InChI is InChI=1S/C23H23N3O2/c1-17(27)18-2-4-19(5-3-18)20-6-11-23(24-16-20)25-21-7-9-22(10-8-21)26-12-14-28-15-13-26/h2-11,16H,12-15H2,1H3,(H,24,25). The summed E-state index contributed by atoms with van der Waals surface area (Å²) in [5, 5.41) is 3.34. The lowest BCUT2D eigenvalue weighted by Gasteiger charge is -2.28. The van der Waals surface area contributed by atoms with Gasteiger partial charge in [-0.25, -0.2) is 4.98 Å². The molecule has 3 aromatic rings. The van der Waals surface area contributed by atoms with Gasteiger partial charge in [0.25, 0.3) is 0 Å². The number of nitrogens with zero attached hydrogens (tertiary/aromatic N) is 2. The van der Waals surface area contributed by atoms with Crippen molar-refractivity contribution in [3.05, 3.63) is 72.4 Å². The molecule has 0 unspecified atom stereocenters. The van der Waals surface area contributed by atoms with Gasteiger partial charge in [-0.1, -0.05) is 24.3 Å². The van der Waals surface area contributed by atoms with E-state index in [1.54, 1.807) is 6.92 Å². The van der Waals surface area contributed by atoms with E-state index in [9.17, 15) is 4.79 Å². The molecule has 1 fully saturated rings. The third-order valence-electron chi connectivity index (χ3n) is 4.90. The van der Waals surface area contributed by atoms with Crippen molar-refractivity contribution in [2.45, 2.75) is 6.92 Å². The number of rotatable bonds is 5. The van der Waals surface area contributed by atoms with Crippen molar-refractivity contribution in [1.29, 1.82) is 0 Å². The molecule has 5 heteroatoms. The summed E-state index contributed by atoms with van der Waals surface area (Å²) in [7, 11) is 0. The third kappa shape index (κ3) is 4.21. The summed E-state index contributed by atoms with van der Waals surface area (Å²) < 4.78 is 5.40. The molecule has 1 aliphatic heterocycles. The molecule has 1 aromatic heterocycles. The number of aromatic nitrogens is 1. The fourth-order valence-electron chi connectivity index (χ4n) is 3.26. The molecule has 1 aliphatic rings. The van der Waals surface area contributed by atoms with Crippen molar-refractivity contribution in [3.63, 3.8) is 0 Å². The largest absolute Gasteiger partial charge is 0.378 e. The van der Waals surface area contributed by atoms with Crippen molar-refractivity contribution in [2.75, 3.05) is 36.5 Å². The van der Waals surface area contributed by atoms with Gasteiger partial charge in [-0.3, -0.25) is 4.79 Å². The van der Waals surface area contributed by atoms with E-state index in [-0.39, 0.29) is 5.78 Å². The number of anilines is 3. The molecule has 2 heterocycles. The Hall–Kier alpha value is -3.18. The first-order chi connectivity index (χ1) is 13.7. The van der Waals surface area contributed by atoms with Gasteiger partial charge in [-0.15, -0.1) is 0 Å². The molecule has 0 saturated carbocycles. The molecule has 28 heavy (non-hydrogen) atoms. The Bertz CT molecular complexity index is 929. The number of ether oxygens (including phenoxy) is 1. The minimum atomic E-state index is 0.0730. The molecule has 0 atom stereocenters. The number of pyridine rings is 1. The fourth-order valence-corrected chi connectivity index (χ4v) is 3.26. The summed E-state index contributed by atoms with van der Waals surface area (Å²) in [5.74, 6) is 0.868. The first-order valence-corrected chi connectivity index (χ1v) is 9.46. The topological polar surface area (TPSA) is 54.5 Å². The Balaban J connectivity index is 1.42. The molecule has 5 nitrogen and oxygen atoms in total. The second-order valence-electron chi connectivity index (χ2n) is 6.84. The van der Waals surface area contributed by atoms with Crippen LogP contribution < -0.4 is 10.2 Å². The highest BCUT2D eigenvalue weighted by Gasteiger charge is 2.10. The number of nitrogens with one attached hydrogen (secondary N) is 1. The van der Waals surface area contributed by atoms with Crippen LogP contribution in [-0.2, 0) is 4.74 Å². The van der Waals surface area contributed by atoms with E-state index in [0.717, 1.165) is 54.5 Å². The minimum Gasteiger partial charge on any atom is -0.378 e. The van der Waals surface area contributed by atoms with Crippen molar-refractivity contribution >= 4 is 23.0 Å². The smallest absolute Gasteiger partial charge is 0.159 e.